The molecule has 0 radical (unpaired) electrons. The van der Waals surface area contributed by atoms with Gasteiger partial charge in [0.1, 0.15) is 5.69 Å². The topological polar surface area (TPSA) is 62.1 Å². The Balaban J connectivity index is 0.00000196. The summed E-state index contributed by atoms with van der Waals surface area (Å²) in [6.45, 7) is 2.33. The lowest BCUT2D eigenvalue weighted by molar-refractivity contribution is 0.0743. The van der Waals surface area contributed by atoms with Crippen molar-refractivity contribution in [1.29, 1.82) is 0 Å². The quantitative estimate of drug-likeness (QED) is 0.856. The molecule has 6 heteroatoms. The predicted molar refractivity (Wildman–Crippen MR) is 63.7 cm³/mol. The van der Waals surface area contributed by atoms with Gasteiger partial charge in [-0.3, -0.25) is 4.79 Å². The summed E-state index contributed by atoms with van der Waals surface area (Å²) >= 11 is 5.70. The maximum Gasteiger partial charge on any atom is 0.270 e. The summed E-state index contributed by atoms with van der Waals surface area (Å²) in [7, 11) is 1.72. The molecule has 3 N–H and O–H groups in total. The van der Waals surface area contributed by atoms with Gasteiger partial charge in [-0.1, -0.05) is 11.6 Å². The van der Waals surface area contributed by atoms with Gasteiger partial charge in [0, 0.05) is 25.8 Å². The number of carbonyl (C=O) groups is 1. The molecule has 0 aliphatic rings. The SMILES string of the molecule is CC(CN)N(C)C(=O)c1cc(Cl)c[nH]1.Cl. The highest BCUT2D eigenvalue weighted by Crippen LogP contribution is 2.11. The minimum Gasteiger partial charge on any atom is -0.356 e. The fourth-order valence-electron chi connectivity index (χ4n) is 1.04. The molecule has 0 saturated carbocycles. The van der Waals surface area contributed by atoms with Crippen LogP contribution in [-0.4, -0.2) is 35.4 Å². The number of aromatic nitrogens is 1. The van der Waals surface area contributed by atoms with E-state index >= 15 is 0 Å². The first-order valence-corrected chi connectivity index (χ1v) is 4.75. The first kappa shape index (κ1) is 14.3. The zero-order chi connectivity index (χ0) is 10.7. The lowest BCUT2D eigenvalue weighted by atomic mass is 10.2. The lowest BCUT2D eigenvalue weighted by Gasteiger charge is -2.22. The van der Waals surface area contributed by atoms with Crippen LogP contribution in [0.1, 0.15) is 17.4 Å². The first-order chi connectivity index (χ1) is 6.56. The van der Waals surface area contributed by atoms with Crippen molar-refractivity contribution in [2.45, 2.75) is 13.0 Å². The molecular weight excluding hydrogens is 237 g/mol. The van der Waals surface area contributed by atoms with E-state index in [0.717, 1.165) is 0 Å². The average Bonchev–Trinajstić information content (AvgIpc) is 2.61. The maximum atomic E-state index is 11.7. The van der Waals surface area contributed by atoms with Gasteiger partial charge in [-0.2, -0.15) is 0 Å². The highest BCUT2D eigenvalue weighted by atomic mass is 35.5. The number of nitrogens with zero attached hydrogens (tertiary/aromatic N) is 1. The van der Waals surface area contributed by atoms with E-state index in [1.165, 1.54) is 0 Å². The Bertz CT molecular complexity index is 327. The Kier molecular flexibility index (Phi) is 5.72. The summed E-state index contributed by atoms with van der Waals surface area (Å²) in [5.41, 5.74) is 5.95. The van der Waals surface area contributed by atoms with Crippen LogP contribution in [0.3, 0.4) is 0 Å². The molecule has 0 aliphatic heterocycles. The van der Waals surface area contributed by atoms with E-state index in [9.17, 15) is 4.79 Å². The molecule has 0 saturated heterocycles. The number of halogens is 2. The molecule has 1 heterocycles. The molecule has 1 rings (SSSR count). The molecule has 1 unspecified atom stereocenters. The van der Waals surface area contributed by atoms with E-state index in [1.54, 1.807) is 24.2 Å². The number of hydrogen-bond donors (Lipinski definition) is 2. The summed E-state index contributed by atoms with van der Waals surface area (Å²) in [6.07, 6.45) is 1.58. The van der Waals surface area contributed by atoms with E-state index in [0.29, 0.717) is 17.3 Å². The Morgan fingerprint density at radius 2 is 2.33 bits per heavy atom. The molecule has 0 aromatic carbocycles. The van der Waals surface area contributed by atoms with Crippen LogP contribution < -0.4 is 5.73 Å². The minimum absolute atomic E-state index is 0. The van der Waals surface area contributed by atoms with Gasteiger partial charge >= 0.3 is 0 Å². The normalized spacial score (nSPS) is 11.7. The largest absolute Gasteiger partial charge is 0.356 e. The van der Waals surface area contributed by atoms with E-state index < -0.39 is 0 Å². The smallest absolute Gasteiger partial charge is 0.270 e. The summed E-state index contributed by atoms with van der Waals surface area (Å²) in [5.74, 6) is -0.102. The summed E-state index contributed by atoms with van der Waals surface area (Å²) in [4.78, 5) is 16.1. The van der Waals surface area contributed by atoms with Crippen LogP contribution >= 0.6 is 24.0 Å². The van der Waals surface area contributed by atoms with Crippen molar-refractivity contribution in [3.63, 3.8) is 0 Å². The standard InChI is InChI=1S/C9H14ClN3O.ClH/c1-6(4-11)13(2)9(14)8-3-7(10)5-12-8;/h3,5-6,12H,4,11H2,1-2H3;1H. The van der Waals surface area contributed by atoms with Gasteiger partial charge in [0.15, 0.2) is 0 Å². The van der Waals surface area contributed by atoms with Gasteiger partial charge in [-0.15, -0.1) is 12.4 Å². The molecule has 1 aromatic rings. The minimum atomic E-state index is -0.102. The highest BCUT2D eigenvalue weighted by Gasteiger charge is 2.17. The van der Waals surface area contributed by atoms with Crippen LogP contribution in [-0.2, 0) is 0 Å². The van der Waals surface area contributed by atoms with Crippen molar-refractivity contribution < 1.29 is 4.79 Å². The molecule has 4 nitrogen and oxygen atoms in total. The van der Waals surface area contributed by atoms with Crippen LogP contribution in [0.2, 0.25) is 5.02 Å². The van der Waals surface area contributed by atoms with Crippen LogP contribution in [0, 0.1) is 0 Å². The molecule has 86 valence electrons. The zero-order valence-corrected chi connectivity index (χ0v) is 10.2. The van der Waals surface area contributed by atoms with E-state index in [-0.39, 0.29) is 24.4 Å². The molecule has 0 aliphatic carbocycles. The number of rotatable bonds is 3. The van der Waals surface area contributed by atoms with Crippen molar-refractivity contribution >= 4 is 29.9 Å². The van der Waals surface area contributed by atoms with Crippen molar-refractivity contribution in [2.75, 3.05) is 13.6 Å². The Hall–Kier alpha value is -0.710. The monoisotopic (exact) mass is 251 g/mol. The fraction of sp³-hybridized carbons (Fsp3) is 0.444. The third kappa shape index (κ3) is 3.41. The summed E-state index contributed by atoms with van der Waals surface area (Å²) in [5, 5.41) is 0.530. The zero-order valence-electron chi connectivity index (χ0n) is 8.66. The number of amides is 1. The molecule has 1 aromatic heterocycles. The maximum absolute atomic E-state index is 11.7. The van der Waals surface area contributed by atoms with Gasteiger partial charge < -0.3 is 15.6 Å². The van der Waals surface area contributed by atoms with E-state index in [1.807, 2.05) is 6.92 Å². The van der Waals surface area contributed by atoms with Crippen LogP contribution in [0.15, 0.2) is 12.3 Å². The van der Waals surface area contributed by atoms with Gasteiger partial charge in [0.05, 0.1) is 5.02 Å². The first-order valence-electron chi connectivity index (χ1n) is 4.37. The molecular formula is C9H15Cl2N3O. The highest BCUT2D eigenvalue weighted by molar-refractivity contribution is 6.30. The second kappa shape index (κ2) is 6.00. The van der Waals surface area contributed by atoms with Gasteiger partial charge in [0.25, 0.3) is 5.91 Å². The molecule has 0 bridgehead atoms. The van der Waals surface area contributed by atoms with Crippen molar-refractivity contribution in [1.82, 2.24) is 9.88 Å². The second-order valence-electron chi connectivity index (χ2n) is 3.23. The number of nitrogens with two attached hydrogens (primary N) is 1. The fourth-order valence-corrected chi connectivity index (χ4v) is 1.20. The van der Waals surface area contributed by atoms with Gasteiger partial charge in [-0.25, -0.2) is 0 Å². The van der Waals surface area contributed by atoms with Crippen LogP contribution in [0.25, 0.3) is 0 Å². The lowest BCUT2D eigenvalue weighted by Crippen LogP contribution is -2.39. The molecule has 1 amide bonds. The van der Waals surface area contributed by atoms with Gasteiger partial charge in [-0.05, 0) is 13.0 Å². The Morgan fingerprint density at radius 1 is 1.73 bits per heavy atom. The average molecular weight is 252 g/mol. The van der Waals surface area contributed by atoms with Crippen molar-refractivity contribution in [2.24, 2.45) is 5.73 Å². The van der Waals surface area contributed by atoms with Crippen molar-refractivity contribution in [3.8, 4) is 0 Å². The number of nitrogens with one attached hydrogen (secondary N) is 1. The number of carbonyl (C=O) groups excluding carboxylic acids is 1. The molecule has 1 atom stereocenters. The Morgan fingerprint density at radius 3 is 2.73 bits per heavy atom. The summed E-state index contributed by atoms with van der Waals surface area (Å²) < 4.78 is 0. The molecule has 0 spiro atoms. The third-order valence-electron chi connectivity index (χ3n) is 2.20. The van der Waals surface area contributed by atoms with E-state index in [4.69, 9.17) is 17.3 Å². The third-order valence-corrected chi connectivity index (χ3v) is 2.42. The van der Waals surface area contributed by atoms with Crippen LogP contribution in [0.5, 0.6) is 0 Å². The van der Waals surface area contributed by atoms with Gasteiger partial charge in [0.2, 0.25) is 0 Å². The number of H-pyrrole nitrogens is 1. The van der Waals surface area contributed by atoms with Crippen LogP contribution in [0.4, 0.5) is 0 Å². The molecule has 0 fully saturated rings. The number of hydrogen-bond acceptors (Lipinski definition) is 2. The Labute approximate surface area is 100 Å². The van der Waals surface area contributed by atoms with Crippen molar-refractivity contribution in [3.05, 3.63) is 23.0 Å². The molecule has 15 heavy (non-hydrogen) atoms. The second-order valence-corrected chi connectivity index (χ2v) is 3.67. The number of aromatic amines is 1. The summed E-state index contributed by atoms with van der Waals surface area (Å²) in [6, 6.07) is 1.62. The van der Waals surface area contributed by atoms with E-state index in [2.05, 4.69) is 4.98 Å². The predicted octanol–water partition coefficient (Wildman–Crippen LogP) is 1.51. The number of likely N-dealkylation sites (N-methyl/N-ethyl adjacent to an activating group) is 1.